The molecule has 1 unspecified atom stereocenters. The van der Waals surface area contributed by atoms with Crippen molar-refractivity contribution in [1.82, 2.24) is 20.1 Å². The molecule has 37 heavy (non-hydrogen) atoms. The largest absolute Gasteiger partial charge is 0.355 e. The lowest BCUT2D eigenvalue weighted by Gasteiger charge is -2.33. The van der Waals surface area contributed by atoms with Crippen LogP contribution in [0.15, 0.2) is 47.5 Å². The molecule has 196 valence electrons. The number of hydrogen-bond acceptors (Lipinski definition) is 6. The molecule has 11 heteroatoms. The summed E-state index contributed by atoms with van der Waals surface area (Å²) in [6.07, 6.45) is 5.26. The van der Waals surface area contributed by atoms with E-state index in [0.717, 1.165) is 24.2 Å². The molecular formula is C26H31ClN6O3S. The van der Waals surface area contributed by atoms with E-state index in [1.165, 1.54) is 0 Å². The standard InChI is InChI=1S/C26H31ClN6O3S/c1-17-11-21(31-32(17)2)15-28-24(34)12-18-7-9-33(10-8-18)25-23(14-22(16-29-25)37(3)36)30-26(35)19-5-4-6-20(27)13-19/h4-6,11,13-14,16,18H,7-10,12,15H2,1-3H3,(H,28,34)(H,30,35). The molecule has 1 aromatic carbocycles. The van der Waals surface area contributed by atoms with Crippen molar-refractivity contribution in [3.05, 3.63) is 64.6 Å². The van der Waals surface area contributed by atoms with Gasteiger partial charge < -0.3 is 15.5 Å². The van der Waals surface area contributed by atoms with Crippen LogP contribution in [0.4, 0.5) is 11.5 Å². The number of amides is 2. The summed E-state index contributed by atoms with van der Waals surface area (Å²) in [4.78, 5) is 32.6. The molecule has 1 fully saturated rings. The zero-order valence-electron chi connectivity index (χ0n) is 21.2. The normalized spacial score (nSPS) is 14.9. The number of benzene rings is 1. The van der Waals surface area contributed by atoms with Crippen LogP contribution in [-0.2, 0) is 29.2 Å². The molecule has 1 atom stereocenters. The lowest BCUT2D eigenvalue weighted by atomic mass is 9.93. The molecule has 0 bridgehead atoms. The summed E-state index contributed by atoms with van der Waals surface area (Å²) in [5.41, 5.74) is 2.82. The van der Waals surface area contributed by atoms with E-state index in [9.17, 15) is 13.8 Å². The maximum atomic E-state index is 12.9. The molecule has 0 aliphatic carbocycles. The number of rotatable bonds is 8. The fourth-order valence-corrected chi connectivity index (χ4v) is 5.03. The molecule has 0 radical (unpaired) electrons. The van der Waals surface area contributed by atoms with Gasteiger partial charge in [-0.1, -0.05) is 17.7 Å². The van der Waals surface area contributed by atoms with Crippen LogP contribution in [0.2, 0.25) is 5.02 Å². The Hall–Kier alpha value is -3.24. The molecular weight excluding hydrogens is 512 g/mol. The first-order valence-electron chi connectivity index (χ1n) is 12.1. The topological polar surface area (TPSA) is 109 Å². The van der Waals surface area contributed by atoms with Gasteiger partial charge in [-0.2, -0.15) is 5.10 Å². The van der Waals surface area contributed by atoms with E-state index >= 15 is 0 Å². The van der Waals surface area contributed by atoms with E-state index in [2.05, 4.69) is 25.6 Å². The summed E-state index contributed by atoms with van der Waals surface area (Å²) in [6, 6.07) is 10.4. The van der Waals surface area contributed by atoms with Crippen molar-refractivity contribution in [2.75, 3.05) is 29.6 Å². The monoisotopic (exact) mass is 542 g/mol. The molecule has 4 rings (SSSR count). The highest BCUT2D eigenvalue weighted by atomic mass is 35.5. The zero-order valence-corrected chi connectivity index (χ0v) is 22.7. The fourth-order valence-electron chi connectivity index (χ4n) is 4.36. The number of piperidine rings is 1. The Morgan fingerprint density at radius 2 is 1.95 bits per heavy atom. The summed E-state index contributed by atoms with van der Waals surface area (Å²) in [7, 11) is 0.634. The minimum Gasteiger partial charge on any atom is -0.355 e. The number of nitrogens with zero attached hydrogens (tertiary/aromatic N) is 4. The van der Waals surface area contributed by atoms with Crippen LogP contribution in [-0.4, -0.2) is 50.1 Å². The van der Waals surface area contributed by atoms with Crippen LogP contribution >= 0.6 is 11.6 Å². The highest BCUT2D eigenvalue weighted by Crippen LogP contribution is 2.31. The number of nitrogens with one attached hydrogen (secondary N) is 2. The van der Waals surface area contributed by atoms with Crippen molar-refractivity contribution < 1.29 is 13.8 Å². The van der Waals surface area contributed by atoms with Gasteiger partial charge in [-0.3, -0.25) is 18.5 Å². The summed E-state index contributed by atoms with van der Waals surface area (Å²) >= 11 is 6.05. The van der Waals surface area contributed by atoms with Gasteiger partial charge in [0.1, 0.15) is 0 Å². The second kappa shape index (κ2) is 11.9. The molecule has 1 aliphatic rings. The van der Waals surface area contributed by atoms with Crippen LogP contribution in [0.25, 0.3) is 0 Å². The third-order valence-electron chi connectivity index (χ3n) is 6.53. The molecule has 0 spiro atoms. The van der Waals surface area contributed by atoms with Crippen LogP contribution in [0.1, 0.15) is 41.0 Å². The summed E-state index contributed by atoms with van der Waals surface area (Å²) < 4.78 is 13.9. The maximum absolute atomic E-state index is 12.9. The van der Waals surface area contributed by atoms with Gasteiger partial charge in [-0.25, -0.2) is 4.98 Å². The Kier molecular flexibility index (Phi) is 8.60. The molecule has 1 saturated heterocycles. The van der Waals surface area contributed by atoms with Crippen LogP contribution in [0.5, 0.6) is 0 Å². The molecule has 9 nitrogen and oxygen atoms in total. The smallest absolute Gasteiger partial charge is 0.255 e. The fraction of sp³-hybridized carbons (Fsp3) is 0.385. The van der Waals surface area contributed by atoms with Crippen molar-refractivity contribution in [3.63, 3.8) is 0 Å². The van der Waals surface area contributed by atoms with E-state index in [1.807, 2.05) is 20.0 Å². The van der Waals surface area contributed by atoms with Gasteiger partial charge in [0.15, 0.2) is 5.82 Å². The number of aryl methyl sites for hydroxylation is 2. The van der Waals surface area contributed by atoms with Crippen molar-refractivity contribution in [2.45, 2.75) is 37.6 Å². The molecule has 2 amide bonds. The minimum absolute atomic E-state index is 0.0177. The highest BCUT2D eigenvalue weighted by Gasteiger charge is 2.25. The maximum Gasteiger partial charge on any atom is 0.255 e. The van der Waals surface area contributed by atoms with E-state index in [4.69, 9.17) is 11.6 Å². The number of anilines is 2. The predicted octanol–water partition coefficient (Wildman–Crippen LogP) is 3.69. The van der Waals surface area contributed by atoms with Gasteiger partial charge in [-0.05, 0) is 56.0 Å². The SMILES string of the molecule is Cc1cc(CNC(=O)CC2CCN(c3ncc(S(C)=O)cc3NC(=O)c3cccc(Cl)c3)CC2)nn1C. The first kappa shape index (κ1) is 26.8. The summed E-state index contributed by atoms with van der Waals surface area (Å²) in [6.45, 7) is 3.78. The van der Waals surface area contributed by atoms with Gasteiger partial charge >= 0.3 is 0 Å². The first-order chi connectivity index (χ1) is 17.7. The Bertz CT molecular complexity index is 1300. The number of carbonyl (C=O) groups is 2. The van der Waals surface area contributed by atoms with Crippen molar-refractivity contribution in [3.8, 4) is 0 Å². The molecule has 2 aromatic heterocycles. The number of carbonyl (C=O) groups excluding carboxylic acids is 2. The van der Waals surface area contributed by atoms with E-state index in [-0.39, 0.29) is 17.7 Å². The Labute approximate surface area is 224 Å². The lowest BCUT2D eigenvalue weighted by molar-refractivity contribution is -0.122. The van der Waals surface area contributed by atoms with E-state index in [0.29, 0.717) is 53.0 Å². The number of hydrogen-bond donors (Lipinski definition) is 2. The Morgan fingerprint density at radius 1 is 1.19 bits per heavy atom. The molecule has 3 heterocycles. The van der Waals surface area contributed by atoms with Crippen molar-refractivity contribution in [2.24, 2.45) is 13.0 Å². The van der Waals surface area contributed by atoms with Crippen LogP contribution in [0, 0.1) is 12.8 Å². The summed E-state index contributed by atoms with van der Waals surface area (Å²) in [5.74, 6) is 0.579. The second-order valence-electron chi connectivity index (χ2n) is 9.27. The zero-order chi connectivity index (χ0) is 26.5. The average Bonchev–Trinajstić information content (AvgIpc) is 3.20. The highest BCUT2D eigenvalue weighted by molar-refractivity contribution is 7.84. The molecule has 3 aromatic rings. The minimum atomic E-state index is -1.25. The van der Waals surface area contributed by atoms with Gasteiger partial charge in [-0.15, -0.1) is 0 Å². The first-order valence-corrected chi connectivity index (χ1v) is 14.0. The average molecular weight is 543 g/mol. The van der Waals surface area contributed by atoms with E-state index < -0.39 is 10.8 Å². The number of pyridine rings is 1. The second-order valence-corrected chi connectivity index (χ2v) is 11.1. The Balaban J connectivity index is 1.38. The van der Waals surface area contributed by atoms with Gasteiger partial charge in [0.25, 0.3) is 5.91 Å². The quantitative estimate of drug-likeness (QED) is 0.449. The number of aromatic nitrogens is 3. The predicted molar refractivity (Wildman–Crippen MR) is 145 cm³/mol. The van der Waals surface area contributed by atoms with Crippen molar-refractivity contribution in [1.29, 1.82) is 0 Å². The van der Waals surface area contributed by atoms with Gasteiger partial charge in [0.2, 0.25) is 5.91 Å². The summed E-state index contributed by atoms with van der Waals surface area (Å²) in [5, 5.41) is 10.7. The molecule has 2 N–H and O–H groups in total. The van der Waals surface area contributed by atoms with Crippen molar-refractivity contribution >= 4 is 45.7 Å². The Morgan fingerprint density at radius 3 is 2.59 bits per heavy atom. The number of halogens is 1. The van der Waals surface area contributed by atoms with E-state index in [1.54, 1.807) is 47.5 Å². The van der Waals surface area contributed by atoms with Gasteiger partial charge in [0.05, 0.1) is 33.6 Å². The third kappa shape index (κ3) is 6.95. The third-order valence-corrected chi connectivity index (χ3v) is 7.65. The lowest BCUT2D eigenvalue weighted by Crippen LogP contribution is -2.37. The van der Waals surface area contributed by atoms with Crippen LogP contribution < -0.4 is 15.5 Å². The molecule has 1 aliphatic heterocycles. The van der Waals surface area contributed by atoms with Gasteiger partial charge in [0, 0.05) is 55.3 Å². The van der Waals surface area contributed by atoms with Crippen LogP contribution in [0.3, 0.4) is 0 Å². The molecule has 0 saturated carbocycles.